The zero-order valence-electron chi connectivity index (χ0n) is 5.61. The molecule has 4 N–H and O–H groups in total. The van der Waals surface area contributed by atoms with Crippen LogP contribution in [0.1, 0.15) is 0 Å². The van der Waals surface area contributed by atoms with Gasteiger partial charge in [0, 0.05) is 4.90 Å². The summed E-state index contributed by atoms with van der Waals surface area (Å²) in [7, 11) is 0. The molecule has 1 aromatic rings. The van der Waals surface area contributed by atoms with Crippen molar-refractivity contribution < 1.29 is 8.76 Å². The lowest BCUT2D eigenvalue weighted by Crippen LogP contribution is -1.96. The van der Waals surface area contributed by atoms with E-state index in [4.69, 9.17) is 11.5 Å². The van der Waals surface area contributed by atoms with Crippen molar-refractivity contribution in [3.8, 4) is 0 Å². The van der Waals surface area contributed by atoms with Crippen LogP contribution in [0.15, 0.2) is 23.1 Å². The third-order valence-corrected chi connectivity index (χ3v) is 1.89. The standard InChI is InChI=1S/C6H8N2O2S/c7-5-2-1-4(11(9)10)3-6(5)8/h1-3H,7-8H2,(H,9,10)/p-1. The monoisotopic (exact) mass is 171 g/mol. The zero-order chi connectivity index (χ0) is 8.43. The molecule has 0 spiro atoms. The van der Waals surface area contributed by atoms with Gasteiger partial charge < -0.3 is 16.0 Å². The molecule has 0 fully saturated rings. The van der Waals surface area contributed by atoms with Gasteiger partial charge in [0.1, 0.15) is 0 Å². The Morgan fingerprint density at radius 3 is 2.36 bits per heavy atom. The van der Waals surface area contributed by atoms with Gasteiger partial charge in [0.05, 0.1) is 11.4 Å². The van der Waals surface area contributed by atoms with E-state index >= 15 is 0 Å². The fourth-order valence-electron chi connectivity index (χ4n) is 0.657. The molecule has 4 nitrogen and oxygen atoms in total. The average molecular weight is 171 g/mol. The molecule has 0 radical (unpaired) electrons. The first-order valence-corrected chi connectivity index (χ1v) is 3.93. The first-order valence-electron chi connectivity index (χ1n) is 2.85. The van der Waals surface area contributed by atoms with E-state index in [-0.39, 0.29) is 10.6 Å². The van der Waals surface area contributed by atoms with Crippen LogP contribution in [0.2, 0.25) is 0 Å². The Morgan fingerprint density at radius 1 is 1.27 bits per heavy atom. The Balaban J connectivity index is 3.15. The summed E-state index contributed by atoms with van der Waals surface area (Å²) < 4.78 is 20.7. The number of rotatable bonds is 1. The fourth-order valence-corrected chi connectivity index (χ4v) is 1.06. The van der Waals surface area contributed by atoms with Crippen LogP contribution in [-0.2, 0) is 11.1 Å². The molecule has 0 aromatic heterocycles. The maximum absolute atomic E-state index is 10.4. The summed E-state index contributed by atoms with van der Waals surface area (Å²) >= 11 is -2.23. The molecule has 1 rings (SSSR count). The van der Waals surface area contributed by atoms with Gasteiger partial charge in [0.25, 0.3) is 0 Å². The highest BCUT2D eigenvalue weighted by atomic mass is 32.2. The highest BCUT2D eigenvalue weighted by molar-refractivity contribution is 7.79. The minimum Gasteiger partial charge on any atom is -0.768 e. The molecule has 0 aliphatic carbocycles. The molecule has 0 aliphatic heterocycles. The lowest BCUT2D eigenvalue weighted by Gasteiger charge is -2.06. The summed E-state index contributed by atoms with van der Waals surface area (Å²) in [4.78, 5) is 0.150. The van der Waals surface area contributed by atoms with Gasteiger partial charge in [-0.3, -0.25) is 4.21 Å². The molecule has 0 saturated heterocycles. The minimum absolute atomic E-state index is 0.150. The van der Waals surface area contributed by atoms with Gasteiger partial charge in [-0.1, -0.05) is 0 Å². The second kappa shape index (κ2) is 2.89. The summed E-state index contributed by atoms with van der Waals surface area (Å²) in [5.74, 6) is 0. The first kappa shape index (κ1) is 8.03. The molecule has 0 bridgehead atoms. The Bertz CT molecular complexity index is 301. The second-order valence-electron chi connectivity index (χ2n) is 2.03. The maximum Gasteiger partial charge on any atom is 0.0559 e. The van der Waals surface area contributed by atoms with Crippen LogP contribution in [0, 0.1) is 0 Å². The van der Waals surface area contributed by atoms with Crippen LogP contribution in [0.3, 0.4) is 0 Å². The van der Waals surface area contributed by atoms with E-state index in [0.717, 1.165) is 0 Å². The van der Waals surface area contributed by atoms with Crippen LogP contribution in [0.25, 0.3) is 0 Å². The van der Waals surface area contributed by atoms with Crippen molar-refractivity contribution in [1.29, 1.82) is 0 Å². The first-order chi connectivity index (χ1) is 5.11. The van der Waals surface area contributed by atoms with E-state index < -0.39 is 11.1 Å². The van der Waals surface area contributed by atoms with E-state index in [0.29, 0.717) is 5.69 Å². The van der Waals surface area contributed by atoms with Gasteiger partial charge in [-0.05, 0) is 29.3 Å². The second-order valence-corrected chi connectivity index (χ2v) is 2.97. The summed E-state index contributed by atoms with van der Waals surface area (Å²) in [6.07, 6.45) is 0. The molecule has 1 aromatic carbocycles. The molecule has 0 saturated carbocycles. The summed E-state index contributed by atoms with van der Waals surface area (Å²) in [6, 6.07) is 4.17. The average Bonchev–Trinajstić information content (AvgIpc) is 1.94. The van der Waals surface area contributed by atoms with E-state index in [1.807, 2.05) is 0 Å². The largest absolute Gasteiger partial charge is 0.768 e. The lowest BCUT2D eigenvalue weighted by molar-refractivity contribution is 0.537. The van der Waals surface area contributed by atoms with E-state index in [9.17, 15) is 8.76 Å². The molecule has 5 heteroatoms. The van der Waals surface area contributed by atoms with Gasteiger partial charge in [0.15, 0.2) is 0 Å². The minimum atomic E-state index is -2.23. The zero-order valence-corrected chi connectivity index (χ0v) is 6.43. The molecular formula is C6H7N2O2S-. The van der Waals surface area contributed by atoms with Crippen molar-refractivity contribution in [1.82, 2.24) is 0 Å². The van der Waals surface area contributed by atoms with E-state index in [1.165, 1.54) is 18.2 Å². The molecule has 11 heavy (non-hydrogen) atoms. The molecule has 1 atom stereocenters. The molecule has 0 heterocycles. The van der Waals surface area contributed by atoms with Gasteiger partial charge in [-0.2, -0.15) is 0 Å². The number of benzene rings is 1. The summed E-state index contributed by atoms with van der Waals surface area (Å²) in [5.41, 5.74) is 11.4. The predicted molar refractivity (Wildman–Crippen MR) is 42.5 cm³/mol. The van der Waals surface area contributed by atoms with Crippen LogP contribution >= 0.6 is 0 Å². The van der Waals surface area contributed by atoms with Gasteiger partial charge in [-0.15, -0.1) is 0 Å². The van der Waals surface area contributed by atoms with Crippen LogP contribution < -0.4 is 11.5 Å². The van der Waals surface area contributed by atoms with Crippen molar-refractivity contribution in [3.05, 3.63) is 18.2 Å². The molecular weight excluding hydrogens is 164 g/mol. The van der Waals surface area contributed by atoms with Gasteiger partial charge in [0.2, 0.25) is 0 Å². The number of nitrogens with two attached hydrogens (primary N) is 2. The molecule has 60 valence electrons. The Kier molecular flexibility index (Phi) is 2.11. The van der Waals surface area contributed by atoms with Gasteiger partial charge >= 0.3 is 0 Å². The topological polar surface area (TPSA) is 92.2 Å². The van der Waals surface area contributed by atoms with Crippen LogP contribution in [0.5, 0.6) is 0 Å². The van der Waals surface area contributed by atoms with Crippen LogP contribution in [0.4, 0.5) is 11.4 Å². The SMILES string of the molecule is Nc1ccc(S(=O)[O-])cc1N. The number of hydrogen-bond acceptors (Lipinski definition) is 4. The Labute approximate surface area is 66.5 Å². The number of nitrogen functional groups attached to an aromatic ring is 2. The highest BCUT2D eigenvalue weighted by Gasteiger charge is 1.96. The summed E-state index contributed by atoms with van der Waals surface area (Å²) in [5, 5.41) is 0. The third kappa shape index (κ3) is 1.69. The summed E-state index contributed by atoms with van der Waals surface area (Å²) in [6.45, 7) is 0. The number of anilines is 2. The predicted octanol–water partition coefficient (Wildman–Crippen LogP) is 0.0890. The molecule has 0 aliphatic rings. The molecule has 1 unspecified atom stereocenters. The van der Waals surface area contributed by atoms with Crippen molar-refractivity contribution in [3.63, 3.8) is 0 Å². The van der Waals surface area contributed by atoms with Crippen molar-refractivity contribution in [2.45, 2.75) is 4.90 Å². The van der Waals surface area contributed by atoms with Crippen molar-refractivity contribution >= 4 is 22.5 Å². The van der Waals surface area contributed by atoms with Crippen molar-refractivity contribution in [2.24, 2.45) is 0 Å². The lowest BCUT2D eigenvalue weighted by atomic mass is 10.3. The highest BCUT2D eigenvalue weighted by Crippen LogP contribution is 2.17. The third-order valence-electron chi connectivity index (χ3n) is 1.25. The quantitative estimate of drug-likeness (QED) is 0.462. The van der Waals surface area contributed by atoms with Gasteiger partial charge in [-0.25, -0.2) is 0 Å². The smallest absolute Gasteiger partial charge is 0.0559 e. The normalized spacial score (nSPS) is 12.8. The van der Waals surface area contributed by atoms with E-state index in [2.05, 4.69) is 0 Å². The molecule has 0 amide bonds. The maximum atomic E-state index is 10.4. The number of hydrogen-bond donors (Lipinski definition) is 2. The Morgan fingerprint density at radius 2 is 1.91 bits per heavy atom. The fraction of sp³-hybridized carbons (Fsp3) is 0. The van der Waals surface area contributed by atoms with Crippen LogP contribution in [-0.4, -0.2) is 8.76 Å². The van der Waals surface area contributed by atoms with E-state index in [1.54, 1.807) is 0 Å². The van der Waals surface area contributed by atoms with Crippen molar-refractivity contribution in [2.75, 3.05) is 11.5 Å². The Hall–Kier alpha value is -1.07.